The van der Waals surface area contributed by atoms with Gasteiger partial charge in [0.15, 0.2) is 0 Å². The molecule has 0 aliphatic heterocycles. The van der Waals surface area contributed by atoms with E-state index >= 15 is 0 Å². The predicted octanol–water partition coefficient (Wildman–Crippen LogP) is 1.93. The Morgan fingerprint density at radius 3 is 2.75 bits per heavy atom. The number of aliphatic hydroxyl groups is 1. The first kappa shape index (κ1) is 13.9. The summed E-state index contributed by atoms with van der Waals surface area (Å²) in [5.41, 5.74) is 5.78. The van der Waals surface area contributed by atoms with Crippen LogP contribution in [-0.2, 0) is 4.74 Å². The van der Waals surface area contributed by atoms with Crippen LogP contribution >= 0.6 is 0 Å². The average molecular weight is 229 g/mol. The first-order chi connectivity index (χ1) is 7.60. The van der Waals surface area contributed by atoms with Crippen molar-refractivity contribution in [2.45, 2.75) is 52.1 Å². The van der Waals surface area contributed by atoms with Gasteiger partial charge in [-0.05, 0) is 25.2 Å². The van der Waals surface area contributed by atoms with Crippen molar-refractivity contribution in [2.75, 3.05) is 19.8 Å². The van der Waals surface area contributed by atoms with Gasteiger partial charge in [0.1, 0.15) is 0 Å². The molecule has 1 saturated carbocycles. The zero-order valence-electron chi connectivity index (χ0n) is 10.7. The predicted molar refractivity (Wildman–Crippen MR) is 66.2 cm³/mol. The van der Waals surface area contributed by atoms with Gasteiger partial charge in [-0.1, -0.05) is 26.7 Å². The van der Waals surface area contributed by atoms with Gasteiger partial charge in [0, 0.05) is 25.2 Å². The Bertz CT molecular complexity index is 196. The fraction of sp³-hybridized carbons (Fsp3) is 1.00. The van der Waals surface area contributed by atoms with E-state index in [4.69, 9.17) is 10.5 Å². The van der Waals surface area contributed by atoms with Crippen molar-refractivity contribution in [3.8, 4) is 0 Å². The standard InChI is InChI=1S/C13H27NO2/c1-11(2)9-16-8-7-13(10-14)6-4-3-5-12(13)15/h11-12,15H,3-10,14H2,1-2H3. The van der Waals surface area contributed by atoms with Crippen LogP contribution in [0.1, 0.15) is 46.0 Å². The van der Waals surface area contributed by atoms with Gasteiger partial charge in [-0.25, -0.2) is 0 Å². The lowest BCUT2D eigenvalue weighted by Crippen LogP contribution is -2.45. The summed E-state index contributed by atoms with van der Waals surface area (Å²) < 4.78 is 5.61. The summed E-state index contributed by atoms with van der Waals surface area (Å²) in [7, 11) is 0. The highest BCUT2D eigenvalue weighted by molar-refractivity contribution is 4.90. The van der Waals surface area contributed by atoms with Crippen molar-refractivity contribution < 1.29 is 9.84 Å². The summed E-state index contributed by atoms with van der Waals surface area (Å²) in [6.07, 6.45) is 4.96. The number of hydrogen-bond donors (Lipinski definition) is 2. The van der Waals surface area contributed by atoms with Crippen molar-refractivity contribution in [1.29, 1.82) is 0 Å². The van der Waals surface area contributed by atoms with Crippen LogP contribution in [-0.4, -0.2) is 31.0 Å². The Labute approximate surface area is 99.4 Å². The quantitative estimate of drug-likeness (QED) is 0.684. The molecule has 0 heterocycles. The SMILES string of the molecule is CC(C)COCCC1(CN)CCCCC1O. The summed E-state index contributed by atoms with van der Waals surface area (Å²) in [6, 6.07) is 0. The topological polar surface area (TPSA) is 55.5 Å². The second-order valence-corrected chi connectivity index (χ2v) is 5.55. The van der Waals surface area contributed by atoms with E-state index in [1.165, 1.54) is 6.42 Å². The number of hydrogen-bond acceptors (Lipinski definition) is 3. The average Bonchev–Trinajstić information content (AvgIpc) is 2.27. The third-order valence-electron chi connectivity index (χ3n) is 3.71. The molecule has 1 rings (SSSR count). The fourth-order valence-corrected chi connectivity index (χ4v) is 2.51. The van der Waals surface area contributed by atoms with Crippen LogP contribution in [0.2, 0.25) is 0 Å². The van der Waals surface area contributed by atoms with Gasteiger partial charge in [0.05, 0.1) is 6.10 Å². The Morgan fingerprint density at radius 2 is 2.19 bits per heavy atom. The van der Waals surface area contributed by atoms with Crippen LogP contribution < -0.4 is 5.73 Å². The van der Waals surface area contributed by atoms with Crippen LogP contribution in [0.25, 0.3) is 0 Å². The maximum Gasteiger partial charge on any atom is 0.0609 e. The lowest BCUT2D eigenvalue weighted by Gasteiger charge is -2.40. The van der Waals surface area contributed by atoms with Gasteiger partial charge < -0.3 is 15.6 Å². The van der Waals surface area contributed by atoms with E-state index < -0.39 is 0 Å². The maximum absolute atomic E-state index is 10.1. The second kappa shape index (κ2) is 6.58. The van der Waals surface area contributed by atoms with E-state index in [1.54, 1.807) is 0 Å². The fourth-order valence-electron chi connectivity index (χ4n) is 2.51. The third kappa shape index (κ3) is 3.72. The molecule has 0 spiro atoms. The highest BCUT2D eigenvalue weighted by atomic mass is 16.5. The number of ether oxygens (including phenoxy) is 1. The number of aliphatic hydroxyl groups excluding tert-OH is 1. The van der Waals surface area contributed by atoms with Crippen LogP contribution in [0, 0.1) is 11.3 Å². The zero-order valence-corrected chi connectivity index (χ0v) is 10.7. The van der Waals surface area contributed by atoms with Crippen molar-refractivity contribution in [3.05, 3.63) is 0 Å². The van der Waals surface area contributed by atoms with Gasteiger partial charge in [0.25, 0.3) is 0 Å². The third-order valence-corrected chi connectivity index (χ3v) is 3.71. The zero-order chi connectivity index (χ0) is 12.0. The largest absolute Gasteiger partial charge is 0.392 e. The van der Waals surface area contributed by atoms with Gasteiger partial charge in [-0.15, -0.1) is 0 Å². The monoisotopic (exact) mass is 229 g/mol. The molecule has 16 heavy (non-hydrogen) atoms. The smallest absolute Gasteiger partial charge is 0.0609 e. The molecule has 0 aromatic carbocycles. The molecule has 3 nitrogen and oxygen atoms in total. The van der Waals surface area contributed by atoms with Crippen LogP contribution in [0.15, 0.2) is 0 Å². The molecule has 2 unspecified atom stereocenters. The Hall–Kier alpha value is -0.120. The minimum Gasteiger partial charge on any atom is -0.392 e. The van der Waals surface area contributed by atoms with E-state index in [1.807, 2.05) is 0 Å². The van der Waals surface area contributed by atoms with E-state index in [0.717, 1.165) is 38.9 Å². The molecular formula is C13H27NO2. The lowest BCUT2D eigenvalue weighted by atomic mass is 9.70. The molecule has 1 aliphatic carbocycles. The van der Waals surface area contributed by atoms with Crippen molar-refractivity contribution in [1.82, 2.24) is 0 Å². The van der Waals surface area contributed by atoms with Crippen LogP contribution in [0.3, 0.4) is 0 Å². The summed E-state index contributed by atoms with van der Waals surface area (Å²) >= 11 is 0. The summed E-state index contributed by atoms with van der Waals surface area (Å²) in [4.78, 5) is 0. The molecule has 0 radical (unpaired) electrons. The Kier molecular flexibility index (Phi) is 5.73. The molecule has 1 fully saturated rings. The molecular weight excluding hydrogens is 202 g/mol. The van der Waals surface area contributed by atoms with Gasteiger partial charge in [0.2, 0.25) is 0 Å². The molecule has 1 aliphatic rings. The minimum absolute atomic E-state index is 0.0742. The molecule has 3 heteroatoms. The Balaban J connectivity index is 2.34. The lowest BCUT2D eigenvalue weighted by molar-refractivity contribution is -0.0317. The molecule has 0 aromatic heterocycles. The molecule has 3 N–H and O–H groups in total. The summed E-state index contributed by atoms with van der Waals surface area (Å²) in [5, 5.41) is 10.1. The number of nitrogens with two attached hydrogens (primary N) is 1. The summed E-state index contributed by atoms with van der Waals surface area (Å²) in [5.74, 6) is 0.574. The molecule has 96 valence electrons. The minimum atomic E-state index is -0.228. The molecule has 2 atom stereocenters. The van der Waals surface area contributed by atoms with Gasteiger partial charge in [-0.2, -0.15) is 0 Å². The van der Waals surface area contributed by atoms with Crippen molar-refractivity contribution >= 4 is 0 Å². The van der Waals surface area contributed by atoms with E-state index in [2.05, 4.69) is 13.8 Å². The highest BCUT2D eigenvalue weighted by Gasteiger charge is 2.38. The summed E-state index contributed by atoms with van der Waals surface area (Å²) in [6.45, 7) is 6.41. The molecule has 0 amide bonds. The van der Waals surface area contributed by atoms with Crippen molar-refractivity contribution in [3.63, 3.8) is 0 Å². The normalized spacial score (nSPS) is 30.9. The van der Waals surface area contributed by atoms with Crippen LogP contribution in [0.5, 0.6) is 0 Å². The first-order valence-electron chi connectivity index (χ1n) is 6.56. The van der Waals surface area contributed by atoms with Gasteiger partial charge in [-0.3, -0.25) is 0 Å². The van der Waals surface area contributed by atoms with Crippen LogP contribution in [0.4, 0.5) is 0 Å². The molecule has 0 bridgehead atoms. The molecule has 0 aromatic rings. The maximum atomic E-state index is 10.1. The highest BCUT2D eigenvalue weighted by Crippen LogP contribution is 2.38. The second-order valence-electron chi connectivity index (χ2n) is 5.55. The first-order valence-corrected chi connectivity index (χ1v) is 6.56. The Morgan fingerprint density at radius 1 is 1.44 bits per heavy atom. The van der Waals surface area contributed by atoms with E-state index in [0.29, 0.717) is 12.5 Å². The van der Waals surface area contributed by atoms with E-state index in [-0.39, 0.29) is 11.5 Å². The van der Waals surface area contributed by atoms with Crippen molar-refractivity contribution in [2.24, 2.45) is 17.1 Å². The van der Waals surface area contributed by atoms with Gasteiger partial charge >= 0.3 is 0 Å². The molecule has 0 saturated heterocycles. The number of rotatable bonds is 6. The van der Waals surface area contributed by atoms with E-state index in [9.17, 15) is 5.11 Å².